The van der Waals surface area contributed by atoms with Crippen LogP contribution in [0.4, 0.5) is 17.1 Å². The first-order chi connectivity index (χ1) is 31.7. The van der Waals surface area contributed by atoms with Crippen LogP contribution in [-0.4, -0.2) is 0 Å². The van der Waals surface area contributed by atoms with Crippen LogP contribution in [0.2, 0.25) is 0 Å². The number of nitrogens with zero attached hydrogens (tertiary/aromatic N) is 2. The van der Waals surface area contributed by atoms with Gasteiger partial charge in [0.25, 0.3) is 0 Å². The maximum atomic E-state index is 2.56. The zero-order valence-corrected chi connectivity index (χ0v) is 37.0. The van der Waals surface area contributed by atoms with Crippen molar-refractivity contribution in [3.63, 3.8) is 0 Å². The van der Waals surface area contributed by atoms with E-state index in [1.165, 1.54) is 86.0 Å². The van der Waals surface area contributed by atoms with E-state index in [0.717, 1.165) is 64.2 Å². The van der Waals surface area contributed by atoms with E-state index in [1.807, 2.05) is 0 Å². The van der Waals surface area contributed by atoms with Crippen molar-refractivity contribution in [2.75, 3.05) is 9.80 Å². The zero-order chi connectivity index (χ0) is 42.7. The Hall–Kier alpha value is -6.64. The minimum Gasteiger partial charge on any atom is -0.315 e. The van der Waals surface area contributed by atoms with E-state index >= 15 is 0 Å². The van der Waals surface area contributed by atoms with Gasteiger partial charge in [0.05, 0.1) is 0 Å². The van der Waals surface area contributed by atoms with E-state index in [4.69, 9.17) is 0 Å². The molecule has 2 nitrogen and oxygen atoms in total. The second-order valence-corrected chi connectivity index (χ2v) is 18.3. The molecule has 0 aliphatic heterocycles. The smallest absolute Gasteiger partial charge is 0.0458 e. The summed E-state index contributed by atoms with van der Waals surface area (Å²) >= 11 is 0. The Kier molecular flexibility index (Phi) is 11.4. The van der Waals surface area contributed by atoms with E-state index in [9.17, 15) is 0 Å². The highest BCUT2D eigenvalue weighted by Gasteiger charge is 2.28. The molecule has 316 valence electrons. The minimum atomic E-state index is 0.434. The number of anilines is 3. The van der Waals surface area contributed by atoms with Crippen LogP contribution in [0.1, 0.15) is 88.5 Å². The van der Waals surface area contributed by atoms with Crippen LogP contribution >= 0.6 is 0 Å². The molecule has 2 unspecified atom stereocenters. The van der Waals surface area contributed by atoms with Gasteiger partial charge < -0.3 is 9.80 Å². The van der Waals surface area contributed by atoms with Crippen LogP contribution in [0.15, 0.2) is 250 Å². The van der Waals surface area contributed by atoms with Gasteiger partial charge in [-0.05, 0) is 187 Å². The summed E-state index contributed by atoms with van der Waals surface area (Å²) in [6.45, 7) is 0. The van der Waals surface area contributed by atoms with Gasteiger partial charge in [0.2, 0.25) is 0 Å². The van der Waals surface area contributed by atoms with E-state index in [2.05, 4.69) is 204 Å². The molecule has 0 fully saturated rings. The lowest BCUT2D eigenvalue weighted by atomic mass is 9.77. The summed E-state index contributed by atoms with van der Waals surface area (Å²) in [6.07, 6.45) is 47.1. The number of allylic oxidation sites excluding steroid dienone is 23. The number of hydrogen-bond donors (Lipinski definition) is 0. The van der Waals surface area contributed by atoms with Gasteiger partial charge in [-0.15, -0.1) is 0 Å². The molecule has 0 amide bonds. The standard InChI is InChI=1S/C62H58N2/c1-3-13-45(14-4-1)46-25-35-54(36-26-46)63(53-19-5-2-6-20-53)55-37-27-47(28-38-55)48-29-39-56(40-30-48)64(57-41-31-51(32-42-57)61-23-11-17-49-15-7-9-21-59(49)61)58-43-33-52(34-44-58)62-24-12-18-50-16-8-10-22-60(50)62/h1-7,10,12-15,18-20,22-23,25-27,29,31,33-37,39,41-44,51,62H,8-9,11,16-17,21,24,28,30,32,38,40H2. The lowest BCUT2D eigenvalue weighted by molar-refractivity contribution is 0.716. The molecule has 7 aliphatic rings. The van der Waals surface area contributed by atoms with E-state index in [1.54, 1.807) is 16.7 Å². The quantitative estimate of drug-likeness (QED) is 0.157. The Morgan fingerprint density at radius 2 is 1.06 bits per heavy atom. The molecule has 0 heterocycles. The van der Waals surface area contributed by atoms with Crippen LogP contribution in [0.3, 0.4) is 0 Å². The van der Waals surface area contributed by atoms with Crippen LogP contribution in [0.5, 0.6) is 0 Å². The van der Waals surface area contributed by atoms with Crippen molar-refractivity contribution in [1.82, 2.24) is 0 Å². The Labute approximate surface area is 381 Å². The molecule has 0 aromatic heterocycles. The fraction of sp³-hybridized carbons (Fsp3) is 0.226. The predicted molar refractivity (Wildman–Crippen MR) is 270 cm³/mol. The molecule has 11 rings (SSSR count). The largest absolute Gasteiger partial charge is 0.315 e. The lowest BCUT2D eigenvalue weighted by Gasteiger charge is -2.34. The SMILES string of the molecule is C1=CC2=C(C=CCC2c2ccc(N(C3=CCC(C4=CCCC5=C4CCC=C5)C=C3)C3=CC=C(C4=CC=C(N(c5ccccc5)c5ccc(-c6ccccc6)cc5)CC4)CC3)cc2)CC1. The highest BCUT2D eigenvalue weighted by atomic mass is 15.2. The van der Waals surface area contributed by atoms with Gasteiger partial charge in [0.1, 0.15) is 0 Å². The number of hydrogen-bond acceptors (Lipinski definition) is 2. The van der Waals surface area contributed by atoms with Gasteiger partial charge in [-0.25, -0.2) is 0 Å². The van der Waals surface area contributed by atoms with E-state index in [0.29, 0.717) is 11.8 Å². The first kappa shape index (κ1) is 40.2. The predicted octanol–water partition coefficient (Wildman–Crippen LogP) is 16.7. The topological polar surface area (TPSA) is 6.48 Å². The summed E-state index contributed by atoms with van der Waals surface area (Å²) in [6, 6.07) is 40.1. The van der Waals surface area contributed by atoms with Crippen molar-refractivity contribution in [3.8, 4) is 11.1 Å². The third-order valence-electron chi connectivity index (χ3n) is 14.5. The minimum absolute atomic E-state index is 0.434. The molecule has 0 radical (unpaired) electrons. The molecule has 0 saturated heterocycles. The van der Waals surface area contributed by atoms with Crippen molar-refractivity contribution < 1.29 is 0 Å². The van der Waals surface area contributed by atoms with Gasteiger partial charge in [0, 0.05) is 46.0 Å². The molecule has 0 bridgehead atoms. The van der Waals surface area contributed by atoms with E-state index in [-0.39, 0.29) is 0 Å². The third kappa shape index (κ3) is 8.19. The summed E-state index contributed by atoms with van der Waals surface area (Å²) < 4.78 is 0. The van der Waals surface area contributed by atoms with Crippen LogP contribution in [0.25, 0.3) is 11.1 Å². The molecule has 4 aromatic carbocycles. The second kappa shape index (κ2) is 18.2. The first-order valence-corrected chi connectivity index (χ1v) is 24.0. The van der Waals surface area contributed by atoms with Crippen molar-refractivity contribution in [2.24, 2.45) is 5.92 Å². The van der Waals surface area contributed by atoms with Gasteiger partial charge >= 0.3 is 0 Å². The van der Waals surface area contributed by atoms with Crippen molar-refractivity contribution in [2.45, 2.75) is 83.0 Å². The molecule has 7 aliphatic carbocycles. The van der Waals surface area contributed by atoms with Crippen molar-refractivity contribution in [1.29, 1.82) is 0 Å². The average molecular weight is 831 g/mol. The van der Waals surface area contributed by atoms with Gasteiger partial charge in [-0.3, -0.25) is 0 Å². The van der Waals surface area contributed by atoms with Crippen LogP contribution in [-0.2, 0) is 0 Å². The van der Waals surface area contributed by atoms with Crippen molar-refractivity contribution in [3.05, 3.63) is 256 Å². The summed E-state index contributed by atoms with van der Waals surface area (Å²) in [5.74, 6) is 0.883. The maximum absolute atomic E-state index is 2.56. The number of para-hydroxylation sites is 1. The molecule has 0 spiro atoms. The fourth-order valence-electron chi connectivity index (χ4n) is 11.2. The summed E-state index contributed by atoms with van der Waals surface area (Å²) in [5, 5.41) is 0. The van der Waals surface area contributed by atoms with Crippen molar-refractivity contribution >= 4 is 17.1 Å². The Morgan fingerprint density at radius 1 is 0.438 bits per heavy atom. The number of rotatable bonds is 10. The summed E-state index contributed by atoms with van der Waals surface area (Å²) in [4.78, 5) is 5.00. The van der Waals surface area contributed by atoms with Gasteiger partial charge in [-0.2, -0.15) is 0 Å². The average Bonchev–Trinajstić information content (AvgIpc) is 3.38. The summed E-state index contributed by atoms with van der Waals surface area (Å²) in [5.41, 5.74) is 22.3. The maximum Gasteiger partial charge on any atom is 0.0458 e. The second-order valence-electron chi connectivity index (χ2n) is 18.3. The zero-order valence-electron chi connectivity index (χ0n) is 37.0. The number of benzene rings is 4. The Balaban J connectivity index is 0.874. The molecular formula is C62H58N2. The lowest BCUT2D eigenvalue weighted by Crippen LogP contribution is -2.24. The molecule has 0 saturated carbocycles. The van der Waals surface area contributed by atoms with Gasteiger partial charge in [-0.1, -0.05) is 140 Å². The molecule has 2 atom stereocenters. The van der Waals surface area contributed by atoms with Crippen LogP contribution < -0.4 is 9.80 Å². The van der Waals surface area contributed by atoms with Crippen LogP contribution in [0, 0.1) is 5.92 Å². The molecule has 2 heteroatoms. The molecule has 64 heavy (non-hydrogen) atoms. The monoisotopic (exact) mass is 830 g/mol. The Morgan fingerprint density at radius 3 is 1.78 bits per heavy atom. The van der Waals surface area contributed by atoms with E-state index < -0.39 is 0 Å². The highest BCUT2D eigenvalue weighted by molar-refractivity contribution is 5.73. The first-order valence-electron chi connectivity index (χ1n) is 24.0. The fourth-order valence-corrected chi connectivity index (χ4v) is 11.2. The normalized spacial score (nSPS) is 21.5. The highest BCUT2D eigenvalue weighted by Crippen LogP contribution is 2.44. The summed E-state index contributed by atoms with van der Waals surface area (Å²) in [7, 11) is 0. The molecular weight excluding hydrogens is 773 g/mol. The third-order valence-corrected chi connectivity index (χ3v) is 14.5. The molecule has 0 N–H and O–H groups in total. The van der Waals surface area contributed by atoms with Gasteiger partial charge in [0.15, 0.2) is 0 Å². The molecule has 4 aromatic rings. The Bertz CT molecular complexity index is 2790.